The Labute approximate surface area is 174 Å². The third-order valence-electron chi connectivity index (χ3n) is 5.05. The van der Waals surface area contributed by atoms with E-state index >= 15 is 0 Å². The Kier molecular flexibility index (Phi) is 10.4. The molecule has 1 aliphatic rings. The number of carbonyl (C=O) groups is 1. The fraction of sp³-hybridized carbons (Fsp3) is 0.632. The maximum absolute atomic E-state index is 13.0. The molecule has 1 amide bonds. The number of halogens is 1. The highest BCUT2D eigenvalue weighted by Gasteiger charge is 2.25. The van der Waals surface area contributed by atoms with Crippen molar-refractivity contribution in [1.82, 2.24) is 14.9 Å². The van der Waals surface area contributed by atoms with Crippen LogP contribution in [0.5, 0.6) is 0 Å². The number of aryl methyl sites for hydroxylation is 1. The molecule has 1 saturated heterocycles. The van der Waals surface area contributed by atoms with Crippen LogP contribution in [-0.2, 0) is 14.8 Å². The third-order valence-corrected chi connectivity index (χ3v) is 6.51. The van der Waals surface area contributed by atoms with Crippen molar-refractivity contribution >= 4 is 28.3 Å². The van der Waals surface area contributed by atoms with Gasteiger partial charge in [0, 0.05) is 32.3 Å². The number of hydrogen-bond acceptors (Lipinski definition) is 5. The van der Waals surface area contributed by atoms with Gasteiger partial charge < -0.3 is 15.0 Å². The maximum Gasteiger partial charge on any atom is 0.254 e. The lowest BCUT2D eigenvalue weighted by atomic mass is 9.93. The number of rotatable bonds is 9. The third kappa shape index (κ3) is 6.70. The van der Waals surface area contributed by atoms with Crippen molar-refractivity contribution in [2.45, 2.75) is 31.1 Å². The summed E-state index contributed by atoms with van der Waals surface area (Å²) in [4.78, 5) is 14.9. The molecule has 1 aromatic rings. The molecule has 2 rings (SSSR count). The second kappa shape index (κ2) is 11.7. The molecule has 0 atom stereocenters. The first-order chi connectivity index (χ1) is 12.9. The second-order valence-corrected chi connectivity index (χ2v) is 8.76. The van der Waals surface area contributed by atoms with Crippen molar-refractivity contribution in [3.63, 3.8) is 0 Å². The molecule has 0 saturated carbocycles. The Morgan fingerprint density at radius 1 is 1.25 bits per heavy atom. The standard InChI is InChI=1S/C19H31N3O4S.ClH/c1-15-4-5-17(27(24,25)21-10-13-26-3)14-18(15)19(23)22-11-7-16(8-12-22)6-9-20-2;/h4-5,14,16,20-21H,6-13H2,1-3H3;1H. The molecule has 0 bridgehead atoms. The number of hydrogen-bond donors (Lipinski definition) is 2. The number of piperidine rings is 1. The quantitative estimate of drug-likeness (QED) is 0.580. The van der Waals surface area contributed by atoms with Gasteiger partial charge in [-0.25, -0.2) is 13.1 Å². The van der Waals surface area contributed by atoms with Gasteiger partial charge in [0.1, 0.15) is 0 Å². The first-order valence-electron chi connectivity index (χ1n) is 9.42. The van der Waals surface area contributed by atoms with Gasteiger partial charge in [-0.05, 0) is 63.4 Å². The molecule has 0 unspecified atom stereocenters. The zero-order chi connectivity index (χ0) is 19.9. The second-order valence-electron chi connectivity index (χ2n) is 7.00. The van der Waals surface area contributed by atoms with E-state index in [2.05, 4.69) is 10.0 Å². The fourth-order valence-corrected chi connectivity index (χ4v) is 4.34. The minimum atomic E-state index is -3.66. The van der Waals surface area contributed by atoms with Crippen LogP contribution in [0.1, 0.15) is 35.2 Å². The average molecular weight is 434 g/mol. The summed E-state index contributed by atoms with van der Waals surface area (Å²) in [6, 6.07) is 4.71. The SMILES string of the molecule is CNCCC1CCN(C(=O)c2cc(S(=O)(=O)NCCOC)ccc2C)CC1.Cl. The van der Waals surface area contributed by atoms with E-state index < -0.39 is 10.0 Å². The summed E-state index contributed by atoms with van der Waals surface area (Å²) >= 11 is 0. The number of carbonyl (C=O) groups excluding carboxylic acids is 1. The van der Waals surface area contributed by atoms with Crippen LogP contribution < -0.4 is 10.0 Å². The fourth-order valence-electron chi connectivity index (χ4n) is 3.30. The van der Waals surface area contributed by atoms with Gasteiger partial charge in [0.25, 0.3) is 5.91 Å². The van der Waals surface area contributed by atoms with Crippen molar-refractivity contribution in [1.29, 1.82) is 0 Å². The first kappa shape index (κ1) is 24.8. The molecule has 2 N–H and O–H groups in total. The molecule has 1 fully saturated rings. The number of ether oxygens (including phenoxy) is 1. The average Bonchev–Trinajstić information content (AvgIpc) is 2.66. The number of sulfonamides is 1. The summed E-state index contributed by atoms with van der Waals surface area (Å²) < 4.78 is 32.2. The minimum Gasteiger partial charge on any atom is -0.383 e. The van der Waals surface area contributed by atoms with E-state index in [0.717, 1.165) is 44.5 Å². The lowest BCUT2D eigenvalue weighted by Crippen LogP contribution is -2.39. The van der Waals surface area contributed by atoms with Gasteiger partial charge in [-0.1, -0.05) is 6.07 Å². The van der Waals surface area contributed by atoms with Crippen molar-refractivity contribution < 1.29 is 17.9 Å². The highest BCUT2D eigenvalue weighted by Crippen LogP contribution is 2.23. The molecule has 9 heteroatoms. The monoisotopic (exact) mass is 433 g/mol. The molecule has 0 spiro atoms. The molecule has 1 heterocycles. The normalized spacial score (nSPS) is 15.3. The van der Waals surface area contributed by atoms with E-state index in [1.807, 2.05) is 18.9 Å². The highest BCUT2D eigenvalue weighted by atomic mass is 35.5. The molecular weight excluding hydrogens is 402 g/mol. The highest BCUT2D eigenvalue weighted by molar-refractivity contribution is 7.89. The molecule has 1 aromatic carbocycles. The zero-order valence-electron chi connectivity index (χ0n) is 16.9. The molecule has 0 aliphatic carbocycles. The smallest absolute Gasteiger partial charge is 0.254 e. The van der Waals surface area contributed by atoms with Gasteiger partial charge in [0.15, 0.2) is 0 Å². The van der Waals surface area contributed by atoms with Crippen LogP contribution in [0.15, 0.2) is 23.1 Å². The van der Waals surface area contributed by atoms with Gasteiger partial charge >= 0.3 is 0 Å². The maximum atomic E-state index is 13.0. The summed E-state index contributed by atoms with van der Waals surface area (Å²) in [5.74, 6) is 0.549. The number of nitrogens with one attached hydrogen (secondary N) is 2. The molecule has 7 nitrogen and oxygen atoms in total. The molecular formula is C19H32ClN3O4S. The van der Waals surface area contributed by atoms with Crippen molar-refractivity contribution in [2.75, 3.05) is 46.9 Å². The van der Waals surface area contributed by atoms with Crippen LogP contribution in [0.25, 0.3) is 0 Å². The summed E-state index contributed by atoms with van der Waals surface area (Å²) in [7, 11) is -0.199. The van der Waals surface area contributed by atoms with Crippen molar-refractivity contribution in [3.05, 3.63) is 29.3 Å². The number of likely N-dealkylation sites (tertiary alicyclic amines) is 1. The summed E-state index contributed by atoms with van der Waals surface area (Å²) in [6.07, 6.45) is 3.10. The van der Waals surface area contributed by atoms with E-state index in [-0.39, 0.29) is 29.8 Å². The molecule has 0 aromatic heterocycles. The van der Waals surface area contributed by atoms with E-state index in [4.69, 9.17) is 4.74 Å². The number of nitrogens with zero attached hydrogens (tertiary/aromatic N) is 1. The number of amides is 1. The lowest BCUT2D eigenvalue weighted by molar-refractivity contribution is 0.0686. The Bertz CT molecular complexity index is 735. The predicted molar refractivity (Wildman–Crippen MR) is 113 cm³/mol. The van der Waals surface area contributed by atoms with Crippen LogP contribution in [0.4, 0.5) is 0 Å². The van der Waals surface area contributed by atoms with E-state index in [1.54, 1.807) is 6.07 Å². The lowest BCUT2D eigenvalue weighted by Gasteiger charge is -2.32. The van der Waals surface area contributed by atoms with E-state index in [9.17, 15) is 13.2 Å². The number of benzene rings is 1. The van der Waals surface area contributed by atoms with Crippen LogP contribution in [0, 0.1) is 12.8 Å². The molecule has 160 valence electrons. The van der Waals surface area contributed by atoms with Crippen LogP contribution in [0.2, 0.25) is 0 Å². The molecule has 0 radical (unpaired) electrons. The zero-order valence-corrected chi connectivity index (χ0v) is 18.5. The Balaban J connectivity index is 0.00000392. The summed E-state index contributed by atoms with van der Waals surface area (Å²) in [5.41, 5.74) is 1.24. The minimum absolute atomic E-state index is 0. The molecule has 28 heavy (non-hydrogen) atoms. The van der Waals surface area contributed by atoms with Crippen molar-refractivity contribution in [2.24, 2.45) is 5.92 Å². The summed E-state index contributed by atoms with van der Waals surface area (Å²) in [5, 5.41) is 3.17. The van der Waals surface area contributed by atoms with E-state index in [1.165, 1.54) is 19.2 Å². The van der Waals surface area contributed by atoms with Gasteiger partial charge in [0.2, 0.25) is 10.0 Å². The topological polar surface area (TPSA) is 87.7 Å². The van der Waals surface area contributed by atoms with Gasteiger partial charge in [0.05, 0.1) is 11.5 Å². The Hall–Kier alpha value is -1.19. The number of methoxy groups -OCH3 is 1. The van der Waals surface area contributed by atoms with Crippen LogP contribution in [0.3, 0.4) is 0 Å². The van der Waals surface area contributed by atoms with Crippen LogP contribution in [-0.4, -0.2) is 66.2 Å². The molecule has 1 aliphatic heterocycles. The summed E-state index contributed by atoms with van der Waals surface area (Å²) in [6.45, 7) is 4.75. The van der Waals surface area contributed by atoms with E-state index in [0.29, 0.717) is 18.1 Å². The largest absolute Gasteiger partial charge is 0.383 e. The van der Waals surface area contributed by atoms with Gasteiger partial charge in [-0.3, -0.25) is 4.79 Å². The first-order valence-corrected chi connectivity index (χ1v) is 10.9. The Morgan fingerprint density at radius 2 is 1.93 bits per heavy atom. The Morgan fingerprint density at radius 3 is 2.54 bits per heavy atom. The predicted octanol–water partition coefficient (Wildman–Crippen LogP) is 1.80. The van der Waals surface area contributed by atoms with Crippen molar-refractivity contribution in [3.8, 4) is 0 Å². The van der Waals surface area contributed by atoms with Crippen LogP contribution >= 0.6 is 12.4 Å². The van der Waals surface area contributed by atoms with Gasteiger partial charge in [-0.15, -0.1) is 12.4 Å². The van der Waals surface area contributed by atoms with Gasteiger partial charge in [-0.2, -0.15) is 0 Å².